The molecule has 2 aromatic heterocycles. The highest BCUT2D eigenvalue weighted by atomic mass is 79.9. The fraction of sp³-hybridized carbons (Fsp3) is 0. The maximum atomic E-state index is 11.8. The summed E-state index contributed by atoms with van der Waals surface area (Å²) < 4.78 is 26.4. The van der Waals surface area contributed by atoms with E-state index in [2.05, 4.69) is 35.8 Å². The largest absolute Gasteiger partial charge is 0.281 e. The van der Waals surface area contributed by atoms with Gasteiger partial charge in [0, 0.05) is 6.20 Å². The summed E-state index contributed by atoms with van der Waals surface area (Å²) in [4.78, 5) is 3.86. The van der Waals surface area contributed by atoms with Crippen LogP contribution in [0.4, 0.5) is 5.82 Å². The Labute approximate surface area is 100 Å². The first-order valence-corrected chi connectivity index (χ1v) is 6.50. The Hall–Kier alpha value is -1.41. The van der Waals surface area contributed by atoms with Gasteiger partial charge in [-0.15, -0.1) is 0 Å². The average molecular weight is 303 g/mol. The average Bonchev–Trinajstić information content (AvgIpc) is 2.66. The molecule has 84 valence electrons. The lowest BCUT2D eigenvalue weighted by Gasteiger charge is -2.04. The summed E-state index contributed by atoms with van der Waals surface area (Å²) in [6.45, 7) is 0. The number of aromatic nitrogens is 3. The number of pyridine rings is 1. The summed E-state index contributed by atoms with van der Waals surface area (Å²) in [6.07, 6.45) is 2.87. The standard InChI is InChI=1S/C8H7BrN4O2S/c9-6-5-11-12-8(6)16(14,15)13-7-3-1-2-4-10-7/h1-5H,(H,10,13)(H,11,12). The van der Waals surface area contributed by atoms with Crippen LogP contribution in [0.15, 0.2) is 40.1 Å². The molecule has 0 bridgehead atoms. The van der Waals surface area contributed by atoms with Gasteiger partial charge < -0.3 is 0 Å². The molecule has 2 rings (SSSR count). The van der Waals surface area contributed by atoms with Gasteiger partial charge in [-0.25, -0.2) is 4.98 Å². The Morgan fingerprint density at radius 3 is 2.75 bits per heavy atom. The lowest BCUT2D eigenvalue weighted by atomic mass is 10.5. The van der Waals surface area contributed by atoms with Gasteiger partial charge in [0.1, 0.15) is 5.82 Å². The summed E-state index contributed by atoms with van der Waals surface area (Å²) in [7, 11) is -3.68. The Morgan fingerprint density at radius 2 is 2.19 bits per heavy atom. The zero-order chi connectivity index (χ0) is 11.6. The first-order valence-electron chi connectivity index (χ1n) is 4.22. The van der Waals surface area contributed by atoms with E-state index in [4.69, 9.17) is 0 Å². The number of halogens is 1. The van der Waals surface area contributed by atoms with Gasteiger partial charge in [0.15, 0.2) is 5.03 Å². The van der Waals surface area contributed by atoms with Crippen LogP contribution in [0, 0.1) is 0 Å². The van der Waals surface area contributed by atoms with Crippen molar-refractivity contribution in [2.75, 3.05) is 4.72 Å². The monoisotopic (exact) mass is 302 g/mol. The van der Waals surface area contributed by atoms with Crippen molar-refractivity contribution in [3.8, 4) is 0 Å². The SMILES string of the molecule is O=S(=O)(Nc1ccccn1)c1[nH]ncc1Br. The maximum absolute atomic E-state index is 11.8. The highest BCUT2D eigenvalue weighted by molar-refractivity contribution is 9.10. The molecule has 0 aliphatic heterocycles. The molecule has 8 heteroatoms. The van der Waals surface area contributed by atoms with E-state index in [0.717, 1.165) is 0 Å². The van der Waals surface area contributed by atoms with Crippen LogP contribution in [0.2, 0.25) is 0 Å². The van der Waals surface area contributed by atoms with Gasteiger partial charge in [-0.2, -0.15) is 13.5 Å². The minimum atomic E-state index is -3.68. The van der Waals surface area contributed by atoms with E-state index in [1.54, 1.807) is 18.2 Å². The number of sulfonamides is 1. The molecule has 0 saturated carbocycles. The first-order chi connectivity index (χ1) is 7.59. The third-order valence-corrected chi connectivity index (χ3v) is 3.92. The summed E-state index contributed by atoms with van der Waals surface area (Å²) in [5, 5.41) is 5.98. The fourth-order valence-electron chi connectivity index (χ4n) is 1.06. The second-order valence-corrected chi connectivity index (χ2v) is 5.34. The quantitative estimate of drug-likeness (QED) is 0.896. The van der Waals surface area contributed by atoms with Crippen molar-refractivity contribution in [3.63, 3.8) is 0 Å². The van der Waals surface area contributed by atoms with Crippen molar-refractivity contribution in [2.24, 2.45) is 0 Å². The molecule has 0 fully saturated rings. The van der Waals surface area contributed by atoms with Crippen molar-refractivity contribution in [1.29, 1.82) is 0 Å². The Kier molecular flexibility index (Phi) is 2.92. The number of anilines is 1. The van der Waals surface area contributed by atoms with Crippen molar-refractivity contribution >= 4 is 31.8 Å². The van der Waals surface area contributed by atoms with E-state index in [-0.39, 0.29) is 10.8 Å². The zero-order valence-corrected chi connectivity index (χ0v) is 10.3. The number of hydrogen-bond acceptors (Lipinski definition) is 4. The molecule has 0 spiro atoms. The molecule has 0 radical (unpaired) electrons. The molecule has 0 aliphatic carbocycles. The van der Waals surface area contributed by atoms with Crippen LogP contribution >= 0.6 is 15.9 Å². The van der Waals surface area contributed by atoms with E-state index in [0.29, 0.717) is 4.47 Å². The number of nitrogens with zero attached hydrogens (tertiary/aromatic N) is 2. The van der Waals surface area contributed by atoms with Crippen molar-refractivity contribution < 1.29 is 8.42 Å². The van der Waals surface area contributed by atoms with Crippen LogP contribution in [-0.2, 0) is 10.0 Å². The molecule has 16 heavy (non-hydrogen) atoms. The smallest absolute Gasteiger partial charge is 0.265 e. The van der Waals surface area contributed by atoms with E-state index in [1.807, 2.05) is 0 Å². The number of aromatic amines is 1. The van der Waals surface area contributed by atoms with Crippen molar-refractivity contribution in [3.05, 3.63) is 35.1 Å². The number of H-pyrrole nitrogens is 1. The van der Waals surface area contributed by atoms with Gasteiger partial charge in [0.2, 0.25) is 0 Å². The Balaban J connectivity index is 2.32. The Bertz CT molecular complexity index is 581. The number of rotatable bonds is 3. The van der Waals surface area contributed by atoms with Gasteiger partial charge in [0.05, 0.1) is 10.7 Å². The highest BCUT2D eigenvalue weighted by Gasteiger charge is 2.19. The fourth-order valence-corrected chi connectivity index (χ4v) is 2.87. The number of hydrogen-bond donors (Lipinski definition) is 2. The van der Waals surface area contributed by atoms with E-state index >= 15 is 0 Å². The van der Waals surface area contributed by atoms with E-state index < -0.39 is 10.0 Å². The molecule has 2 N–H and O–H groups in total. The lowest BCUT2D eigenvalue weighted by Crippen LogP contribution is -2.14. The Morgan fingerprint density at radius 1 is 1.38 bits per heavy atom. The molecule has 0 atom stereocenters. The van der Waals surface area contributed by atoms with Crippen LogP contribution in [0.25, 0.3) is 0 Å². The molecular weight excluding hydrogens is 296 g/mol. The molecule has 0 amide bonds. The molecule has 6 nitrogen and oxygen atoms in total. The summed E-state index contributed by atoms with van der Waals surface area (Å²) in [5.74, 6) is 0.254. The molecule has 0 aliphatic rings. The second kappa shape index (κ2) is 4.22. The van der Waals surface area contributed by atoms with Crippen LogP contribution < -0.4 is 4.72 Å². The van der Waals surface area contributed by atoms with E-state index in [1.165, 1.54) is 12.4 Å². The summed E-state index contributed by atoms with van der Waals surface area (Å²) in [5.41, 5.74) is 0. The number of nitrogens with one attached hydrogen (secondary N) is 2. The van der Waals surface area contributed by atoms with Crippen molar-refractivity contribution in [1.82, 2.24) is 15.2 Å². The van der Waals surface area contributed by atoms with Gasteiger partial charge >= 0.3 is 0 Å². The van der Waals surface area contributed by atoms with Gasteiger partial charge in [-0.1, -0.05) is 6.07 Å². The van der Waals surface area contributed by atoms with Crippen LogP contribution in [0.5, 0.6) is 0 Å². The molecule has 0 saturated heterocycles. The van der Waals surface area contributed by atoms with Crippen molar-refractivity contribution in [2.45, 2.75) is 5.03 Å². The van der Waals surface area contributed by atoms with Crippen LogP contribution in [0.3, 0.4) is 0 Å². The summed E-state index contributed by atoms with van der Waals surface area (Å²) >= 11 is 3.08. The second-order valence-electron chi connectivity index (χ2n) is 2.87. The summed E-state index contributed by atoms with van der Waals surface area (Å²) in [6, 6.07) is 4.94. The van der Waals surface area contributed by atoms with Crippen LogP contribution in [-0.4, -0.2) is 23.6 Å². The molecule has 0 aromatic carbocycles. The lowest BCUT2D eigenvalue weighted by molar-refractivity contribution is 0.596. The van der Waals surface area contributed by atoms with E-state index in [9.17, 15) is 8.42 Å². The minimum Gasteiger partial charge on any atom is -0.265 e. The van der Waals surface area contributed by atoms with Gasteiger partial charge in [-0.05, 0) is 28.1 Å². The maximum Gasteiger partial charge on any atom is 0.281 e. The molecular formula is C8H7BrN4O2S. The predicted molar refractivity (Wildman–Crippen MR) is 61.3 cm³/mol. The zero-order valence-electron chi connectivity index (χ0n) is 7.88. The third-order valence-electron chi connectivity index (χ3n) is 1.73. The molecule has 2 aromatic rings. The topological polar surface area (TPSA) is 87.7 Å². The molecule has 2 heterocycles. The third kappa shape index (κ3) is 2.22. The van der Waals surface area contributed by atoms with Gasteiger partial charge in [-0.3, -0.25) is 9.82 Å². The van der Waals surface area contributed by atoms with Crippen LogP contribution in [0.1, 0.15) is 0 Å². The molecule has 0 unspecified atom stereocenters. The normalized spacial score (nSPS) is 11.3. The first kappa shape index (κ1) is 11.1. The minimum absolute atomic E-state index is 0.0295. The predicted octanol–water partition coefficient (Wildman–Crippen LogP) is 1.37. The van der Waals surface area contributed by atoms with Gasteiger partial charge in [0.25, 0.3) is 10.0 Å². The highest BCUT2D eigenvalue weighted by Crippen LogP contribution is 2.20.